The molecule has 105 heavy (non-hydrogen) atoms. The molecule has 0 spiro atoms. The lowest BCUT2D eigenvalue weighted by molar-refractivity contribution is 0.467. The predicted molar refractivity (Wildman–Crippen MR) is 436 cm³/mol. The molecule has 0 aliphatic carbocycles. The third kappa shape index (κ3) is 9.48. The number of fused-ring (bicyclic) bond motifs is 12. The van der Waals surface area contributed by atoms with Gasteiger partial charge in [-0.25, -0.2) is 19.9 Å². The molecule has 10 aromatic carbocycles. The lowest BCUT2D eigenvalue weighted by atomic mass is 9.30. The maximum Gasteiger partial charge on any atom is 0.260 e. The van der Waals surface area contributed by atoms with Crippen molar-refractivity contribution in [3.8, 4) is 57.4 Å². The number of benzene rings is 10. The maximum atomic E-state index is 7.25. The van der Waals surface area contributed by atoms with E-state index in [1.165, 1.54) is 33.4 Å². The van der Waals surface area contributed by atoms with E-state index in [1.807, 2.05) is 0 Å². The van der Waals surface area contributed by atoms with E-state index < -0.39 is 6.71 Å². The summed E-state index contributed by atoms with van der Waals surface area (Å²) in [6.45, 7) is 38.6. The number of aromatic nitrogens is 6. The molecule has 0 unspecified atom stereocenters. The Bertz CT molecular complexity index is 6000. The molecule has 0 amide bonds. The van der Waals surface area contributed by atoms with Crippen molar-refractivity contribution in [2.45, 2.75) is 125 Å². The Morgan fingerprint density at radius 1 is 0.286 bits per heavy atom. The normalized spacial score (nSPS) is 13.5. The van der Waals surface area contributed by atoms with Crippen LogP contribution in [0.4, 0.5) is 63.1 Å². The summed E-state index contributed by atoms with van der Waals surface area (Å²) in [5.74, 6) is 7.68. The van der Waals surface area contributed by atoms with Crippen LogP contribution < -0.4 is 78.7 Å². The van der Waals surface area contributed by atoms with Crippen LogP contribution in [0.1, 0.15) is 100 Å². The van der Waals surface area contributed by atoms with E-state index in [4.69, 9.17) is 39.4 Å². The lowest BCUT2D eigenvalue weighted by Gasteiger charge is -2.46. The molecule has 1 N–H and O–H groups in total. The topological polar surface area (TPSA) is 118 Å². The molecule has 0 saturated heterocycles. The first-order valence-electron chi connectivity index (χ1n) is 36.8. The first kappa shape index (κ1) is 64.3. The molecule has 0 atom stereocenters. The molecular formula is C90H79B3N10O2. The Hall–Kier alpha value is -11.6. The first-order valence-corrected chi connectivity index (χ1v) is 36.8. The largest absolute Gasteiger partial charge is 0.440 e. The van der Waals surface area contributed by atoms with Crippen LogP contribution in [-0.4, -0.2) is 50.0 Å². The summed E-state index contributed by atoms with van der Waals surface area (Å²) in [6.07, 6.45) is 0. The third-order valence-electron chi connectivity index (χ3n) is 23.0. The molecule has 6 aliphatic rings. The number of hydrogen-bond acceptors (Lipinski definition) is 12. The Balaban J connectivity index is 0.973. The molecule has 0 saturated carbocycles. The molecule has 19 rings (SSSR count). The van der Waals surface area contributed by atoms with Gasteiger partial charge < -0.3 is 14.8 Å². The highest BCUT2D eigenvalue weighted by molar-refractivity contribution is 7.04. The Morgan fingerprint density at radius 2 is 0.590 bits per heavy atom. The van der Waals surface area contributed by atoms with Crippen molar-refractivity contribution < 1.29 is 9.47 Å². The van der Waals surface area contributed by atoms with Gasteiger partial charge in [-0.15, -0.1) is 0 Å². The van der Waals surface area contributed by atoms with E-state index in [9.17, 15) is 0 Å². The van der Waals surface area contributed by atoms with E-state index in [0.717, 1.165) is 207 Å². The third-order valence-corrected chi connectivity index (χ3v) is 23.0. The first-order chi connectivity index (χ1) is 50.4. The smallest absolute Gasteiger partial charge is 0.260 e. The molecule has 12 nitrogen and oxygen atoms in total. The molecule has 510 valence electrons. The number of hydrogen-bond donors (Lipinski definition) is 1. The Morgan fingerprint density at radius 3 is 0.990 bits per heavy atom. The Labute approximate surface area is 615 Å². The predicted octanol–water partition coefficient (Wildman–Crippen LogP) is 15.8. The van der Waals surface area contributed by atoms with E-state index >= 15 is 0 Å². The number of aryl methyl sites for hydroxylation is 18. The maximum absolute atomic E-state index is 7.25. The van der Waals surface area contributed by atoms with E-state index in [2.05, 4.69) is 290 Å². The summed E-state index contributed by atoms with van der Waals surface area (Å²) < 4.78 is 14.3. The monoisotopic (exact) mass is 1360 g/mol. The van der Waals surface area contributed by atoms with Crippen LogP contribution >= 0.6 is 0 Å². The summed E-state index contributed by atoms with van der Waals surface area (Å²) in [5.41, 5.74) is 40.1. The SMILES string of the molecule is Cc1cc(C)c(-c2nc3c4c(n2)Oc2ccccc2B4c2cc4c(cc2N3)N(c2c(C)cc(C)cc2C)c2nc(-c3c(C)cc(C)cc3C)nc3c2B4c2cc4c(cc2N3c2c(C)cc(C)cc2C)N(c2c(C)cc(C)cc2C)c2nc(-c3c(C)cc(C)cc3C)nc3c2B4c2ccccc2O3)c(C)c1. The van der Waals surface area contributed by atoms with Crippen molar-refractivity contribution in [2.24, 2.45) is 0 Å². The van der Waals surface area contributed by atoms with Gasteiger partial charge in [0.15, 0.2) is 17.5 Å². The van der Waals surface area contributed by atoms with E-state index in [-0.39, 0.29) is 13.4 Å². The molecular weight excluding hydrogens is 1290 g/mol. The number of nitrogens with one attached hydrogen (secondary N) is 1. The second-order valence-corrected chi connectivity index (χ2v) is 31.1. The van der Waals surface area contributed by atoms with Crippen LogP contribution in [0, 0.1) is 125 Å². The molecule has 0 fully saturated rings. The minimum Gasteiger partial charge on any atom is -0.440 e. The van der Waals surface area contributed by atoms with Crippen LogP contribution in [0.5, 0.6) is 23.3 Å². The van der Waals surface area contributed by atoms with Gasteiger partial charge in [0, 0.05) is 55.8 Å². The fraction of sp³-hybridized carbons (Fsp3) is 0.200. The molecule has 0 bridgehead atoms. The van der Waals surface area contributed by atoms with Gasteiger partial charge in [0.05, 0.1) is 17.1 Å². The highest BCUT2D eigenvalue weighted by atomic mass is 16.5. The number of rotatable bonds is 6. The molecule has 3 aromatic heterocycles. The molecule has 6 aliphatic heterocycles. The number of nitrogens with zero attached hydrogens (tertiary/aromatic N) is 9. The van der Waals surface area contributed by atoms with Crippen molar-refractivity contribution in [3.05, 3.63) is 246 Å². The standard InChI is InChI=1S/C90H79B3N10O2/c1-43-27-49(7)73(50(8)28-43)82-95-85-76-89(99-82)104-71-25-21-19-23-61(71)91(76)63-39-64-68(41-67(63)94-85)101(79-55(13)33-46(4)34-56(79)14)86-77-87(97-83(96-86)74-51(9)29-44(2)30-52(74)10)102(80-57(15)35-47(5)36-58(80)16)70-42-69-65(40-66(70)93(64)77)92-62-24-20-22-26-72(62)105-90-78(92)88(103(69)81-59(17)37-48(6)38-60(81)18)98-84(100-90)75-53(11)31-45(3)32-54(75)12/h19-42H,1-18H3,(H,94,95,99). The zero-order chi connectivity index (χ0) is 72.5. The molecule has 9 heterocycles. The van der Waals surface area contributed by atoms with Crippen LogP contribution in [0.3, 0.4) is 0 Å². The molecule has 0 radical (unpaired) electrons. The summed E-state index contributed by atoms with van der Waals surface area (Å²) >= 11 is 0. The lowest BCUT2D eigenvalue weighted by Crippen LogP contribution is -2.66. The van der Waals surface area contributed by atoms with Gasteiger partial charge in [-0.1, -0.05) is 155 Å². The van der Waals surface area contributed by atoms with Crippen LogP contribution in [0.15, 0.2) is 146 Å². The van der Waals surface area contributed by atoms with Crippen LogP contribution in [0.2, 0.25) is 0 Å². The average Bonchev–Trinajstić information content (AvgIpc) is 0.682. The summed E-state index contributed by atoms with van der Waals surface area (Å²) in [7, 11) is 0. The molecule has 15 heteroatoms. The minimum atomic E-state index is -0.463. The van der Waals surface area contributed by atoms with Gasteiger partial charge in [-0.05, 0) is 248 Å². The molecule has 13 aromatic rings. The van der Waals surface area contributed by atoms with Crippen LogP contribution in [-0.2, 0) is 0 Å². The fourth-order valence-electron chi connectivity index (χ4n) is 19.6. The van der Waals surface area contributed by atoms with Crippen molar-refractivity contribution in [1.82, 2.24) is 29.9 Å². The summed E-state index contributed by atoms with van der Waals surface area (Å²) in [4.78, 5) is 42.4. The van der Waals surface area contributed by atoms with Gasteiger partial charge >= 0.3 is 0 Å². The van der Waals surface area contributed by atoms with Crippen molar-refractivity contribution >= 4 is 132 Å². The van der Waals surface area contributed by atoms with E-state index in [0.29, 0.717) is 29.2 Å². The van der Waals surface area contributed by atoms with Gasteiger partial charge in [-0.3, -0.25) is 14.7 Å². The number of anilines is 11. The quantitative estimate of drug-likeness (QED) is 0.160. The van der Waals surface area contributed by atoms with Gasteiger partial charge in [0.1, 0.15) is 34.8 Å². The zero-order valence-corrected chi connectivity index (χ0v) is 62.9. The number of para-hydroxylation sites is 2. The average molecular weight is 1370 g/mol. The van der Waals surface area contributed by atoms with Gasteiger partial charge in [-0.2, -0.15) is 9.97 Å². The van der Waals surface area contributed by atoms with Gasteiger partial charge in [0.25, 0.3) is 20.1 Å². The van der Waals surface area contributed by atoms with E-state index in [1.54, 1.807) is 0 Å². The van der Waals surface area contributed by atoms with Crippen molar-refractivity contribution in [3.63, 3.8) is 0 Å². The number of ether oxygens (including phenoxy) is 2. The second kappa shape index (κ2) is 23.0. The Kier molecular flexibility index (Phi) is 14.1. The van der Waals surface area contributed by atoms with Crippen molar-refractivity contribution in [1.29, 1.82) is 0 Å². The second-order valence-electron chi connectivity index (χ2n) is 31.1. The zero-order valence-electron chi connectivity index (χ0n) is 62.9. The summed E-state index contributed by atoms with van der Waals surface area (Å²) in [6, 6.07) is 54.4. The fourth-order valence-corrected chi connectivity index (χ4v) is 19.6. The highest BCUT2D eigenvalue weighted by Crippen LogP contribution is 2.51. The minimum absolute atomic E-state index is 0.319. The van der Waals surface area contributed by atoms with Gasteiger partial charge in [0.2, 0.25) is 11.8 Å². The summed E-state index contributed by atoms with van der Waals surface area (Å²) in [5, 5.41) is 4.05. The highest BCUT2D eigenvalue weighted by Gasteiger charge is 2.52. The van der Waals surface area contributed by atoms with Crippen molar-refractivity contribution in [2.75, 3.05) is 20.0 Å². The van der Waals surface area contributed by atoms with Crippen LogP contribution in [0.25, 0.3) is 34.2 Å².